The van der Waals surface area contributed by atoms with Gasteiger partial charge in [0.1, 0.15) is 5.69 Å². The van der Waals surface area contributed by atoms with Crippen LogP contribution < -0.4 is 9.47 Å². The van der Waals surface area contributed by atoms with Crippen LogP contribution in [0.15, 0.2) is 35.7 Å². The number of nitrogens with zero attached hydrogens (tertiary/aromatic N) is 3. The number of carbonyl (C=O) groups excluding carboxylic acids is 2. The standard InChI is InChI=1S/C31H37N3O4S/c1-20(2)38-27-19-23-22(17-26(27)37-3)10-13-34-25(18-24(29(23)34)28-9-5-16-39-28)31(36)33-12-6-11-32(14-15-33)30(35)21-7-4-8-21/h5,9,16-21H,4,6-8,10-15H2,1-3H3. The first-order chi connectivity index (χ1) is 18.9. The maximum atomic E-state index is 14.1. The molecule has 1 saturated carbocycles. The lowest BCUT2D eigenvalue weighted by Crippen LogP contribution is -2.42. The highest BCUT2D eigenvalue weighted by atomic mass is 32.1. The van der Waals surface area contributed by atoms with E-state index in [1.54, 1.807) is 18.4 Å². The van der Waals surface area contributed by atoms with Gasteiger partial charge in [0.2, 0.25) is 5.91 Å². The van der Waals surface area contributed by atoms with Crippen molar-refractivity contribution in [2.75, 3.05) is 33.3 Å². The first kappa shape index (κ1) is 26.0. The third-order valence-corrected chi connectivity index (χ3v) is 9.17. The van der Waals surface area contributed by atoms with Gasteiger partial charge in [0.25, 0.3) is 5.91 Å². The van der Waals surface area contributed by atoms with Crippen LogP contribution in [0.1, 0.15) is 55.6 Å². The number of aromatic nitrogens is 1. The highest BCUT2D eigenvalue weighted by Crippen LogP contribution is 2.45. The van der Waals surface area contributed by atoms with Crippen molar-refractivity contribution in [3.8, 4) is 33.2 Å². The Kier molecular flexibility index (Phi) is 7.14. The van der Waals surface area contributed by atoms with Gasteiger partial charge in [0.05, 0.1) is 18.9 Å². The van der Waals surface area contributed by atoms with Gasteiger partial charge in [-0.25, -0.2) is 0 Å². The maximum Gasteiger partial charge on any atom is 0.270 e. The van der Waals surface area contributed by atoms with Gasteiger partial charge < -0.3 is 23.8 Å². The fourth-order valence-corrected chi connectivity index (χ4v) is 6.80. The summed E-state index contributed by atoms with van der Waals surface area (Å²) in [5.74, 6) is 1.98. The molecule has 3 aromatic rings. The van der Waals surface area contributed by atoms with E-state index >= 15 is 0 Å². The molecule has 1 aromatic carbocycles. The number of ether oxygens (including phenoxy) is 2. The van der Waals surface area contributed by atoms with Gasteiger partial charge in [0.15, 0.2) is 11.5 Å². The van der Waals surface area contributed by atoms with Gasteiger partial charge in [0, 0.05) is 54.6 Å². The first-order valence-corrected chi connectivity index (χ1v) is 15.1. The minimum Gasteiger partial charge on any atom is -0.493 e. The van der Waals surface area contributed by atoms with Crippen molar-refractivity contribution in [2.45, 2.75) is 58.6 Å². The molecule has 3 aliphatic rings. The van der Waals surface area contributed by atoms with E-state index in [0.29, 0.717) is 19.6 Å². The average molecular weight is 548 g/mol. The number of hydrogen-bond acceptors (Lipinski definition) is 5. The minimum atomic E-state index is 0.0139. The Bertz CT molecular complexity index is 1370. The third-order valence-electron chi connectivity index (χ3n) is 8.26. The Morgan fingerprint density at radius 3 is 2.44 bits per heavy atom. The number of rotatable bonds is 6. The Balaban J connectivity index is 1.36. The van der Waals surface area contributed by atoms with Crippen LogP contribution in [0.3, 0.4) is 0 Å². The van der Waals surface area contributed by atoms with Crippen LogP contribution in [-0.4, -0.2) is 65.6 Å². The van der Waals surface area contributed by atoms with Crippen LogP contribution in [0, 0.1) is 5.92 Å². The maximum absolute atomic E-state index is 14.1. The summed E-state index contributed by atoms with van der Waals surface area (Å²) < 4.78 is 14.0. The molecular formula is C31H37N3O4S. The molecule has 7 nitrogen and oxygen atoms in total. The summed E-state index contributed by atoms with van der Waals surface area (Å²) >= 11 is 1.69. The molecule has 206 valence electrons. The molecule has 2 aliphatic heterocycles. The molecule has 0 N–H and O–H groups in total. The second-order valence-corrected chi connectivity index (χ2v) is 12.0. The Hall–Kier alpha value is -3.26. The van der Waals surface area contributed by atoms with Crippen LogP contribution in [0.25, 0.3) is 21.7 Å². The molecule has 2 amide bonds. The van der Waals surface area contributed by atoms with Crippen LogP contribution in [0.2, 0.25) is 0 Å². The van der Waals surface area contributed by atoms with Crippen LogP contribution in [-0.2, 0) is 17.8 Å². The zero-order chi connectivity index (χ0) is 27.1. The first-order valence-electron chi connectivity index (χ1n) is 14.2. The van der Waals surface area contributed by atoms with Crippen molar-refractivity contribution in [3.63, 3.8) is 0 Å². The zero-order valence-electron chi connectivity index (χ0n) is 23.1. The van der Waals surface area contributed by atoms with E-state index in [4.69, 9.17) is 9.47 Å². The third kappa shape index (κ3) is 4.84. The normalized spacial score (nSPS) is 17.3. The molecule has 2 aromatic heterocycles. The summed E-state index contributed by atoms with van der Waals surface area (Å²) in [5, 5.41) is 2.08. The molecule has 39 heavy (non-hydrogen) atoms. The lowest BCUT2D eigenvalue weighted by molar-refractivity contribution is -0.138. The van der Waals surface area contributed by atoms with Gasteiger partial charge >= 0.3 is 0 Å². The van der Waals surface area contributed by atoms with Crippen molar-refractivity contribution in [3.05, 3.63) is 47.0 Å². The number of aryl methyl sites for hydroxylation is 1. The molecule has 1 saturated heterocycles. The molecular weight excluding hydrogens is 510 g/mol. The fraction of sp³-hybridized carbons (Fsp3) is 0.484. The van der Waals surface area contributed by atoms with Gasteiger partial charge in [-0.15, -0.1) is 11.3 Å². The molecule has 1 aliphatic carbocycles. The topological polar surface area (TPSA) is 64.0 Å². The van der Waals surface area contributed by atoms with E-state index in [-0.39, 0.29) is 23.8 Å². The number of benzene rings is 1. The summed E-state index contributed by atoms with van der Waals surface area (Å²) in [6, 6.07) is 10.4. The molecule has 6 rings (SSSR count). The smallest absolute Gasteiger partial charge is 0.270 e. The Labute approximate surface area is 234 Å². The summed E-state index contributed by atoms with van der Waals surface area (Å²) in [4.78, 5) is 32.0. The van der Waals surface area contributed by atoms with E-state index in [2.05, 4.69) is 40.3 Å². The van der Waals surface area contributed by atoms with Crippen LogP contribution in [0.5, 0.6) is 11.5 Å². The summed E-state index contributed by atoms with van der Waals surface area (Å²) in [7, 11) is 1.68. The lowest BCUT2D eigenvalue weighted by atomic mass is 9.84. The highest BCUT2D eigenvalue weighted by molar-refractivity contribution is 7.13. The van der Waals surface area contributed by atoms with Gasteiger partial charge in [-0.05, 0) is 74.7 Å². The van der Waals surface area contributed by atoms with E-state index < -0.39 is 0 Å². The molecule has 0 spiro atoms. The second-order valence-electron chi connectivity index (χ2n) is 11.1. The number of hydrogen-bond donors (Lipinski definition) is 0. The largest absolute Gasteiger partial charge is 0.493 e. The summed E-state index contributed by atoms with van der Waals surface area (Å²) in [6.45, 7) is 7.34. The molecule has 8 heteroatoms. The summed E-state index contributed by atoms with van der Waals surface area (Å²) in [5.41, 5.74) is 5.15. The number of amides is 2. The predicted molar refractivity (Wildman–Crippen MR) is 154 cm³/mol. The van der Waals surface area contributed by atoms with Crippen molar-refractivity contribution in [1.29, 1.82) is 0 Å². The van der Waals surface area contributed by atoms with Gasteiger partial charge in [-0.1, -0.05) is 12.5 Å². The van der Waals surface area contributed by atoms with Crippen molar-refractivity contribution in [2.24, 2.45) is 5.92 Å². The van der Waals surface area contributed by atoms with E-state index in [0.717, 1.165) is 84.1 Å². The molecule has 0 radical (unpaired) electrons. The van der Waals surface area contributed by atoms with Crippen LogP contribution >= 0.6 is 11.3 Å². The SMILES string of the molecule is COc1cc2c(cc1OC(C)C)-c1c(-c3cccs3)cc(C(=O)N3CCCN(C(=O)C4CCC4)CC3)n1CC2. The zero-order valence-corrected chi connectivity index (χ0v) is 23.9. The molecule has 0 bridgehead atoms. The van der Waals surface area contributed by atoms with E-state index in [1.165, 1.54) is 5.56 Å². The number of methoxy groups -OCH3 is 1. The molecule has 2 fully saturated rings. The van der Waals surface area contributed by atoms with E-state index in [1.807, 2.05) is 23.6 Å². The summed E-state index contributed by atoms with van der Waals surface area (Å²) in [6.07, 6.45) is 4.81. The van der Waals surface area contributed by atoms with E-state index in [9.17, 15) is 9.59 Å². The van der Waals surface area contributed by atoms with Crippen LogP contribution in [0.4, 0.5) is 0 Å². The fourth-order valence-electron chi connectivity index (χ4n) is 6.05. The second kappa shape index (κ2) is 10.7. The Morgan fingerprint density at radius 2 is 1.74 bits per heavy atom. The number of fused-ring (bicyclic) bond motifs is 3. The lowest BCUT2D eigenvalue weighted by Gasteiger charge is -2.31. The average Bonchev–Trinajstić information content (AvgIpc) is 3.48. The monoisotopic (exact) mass is 547 g/mol. The van der Waals surface area contributed by atoms with Crippen molar-refractivity contribution < 1.29 is 19.1 Å². The molecule has 4 heterocycles. The Morgan fingerprint density at radius 1 is 0.949 bits per heavy atom. The highest BCUT2D eigenvalue weighted by Gasteiger charge is 2.33. The molecule has 0 atom stereocenters. The molecule has 0 unspecified atom stereocenters. The van der Waals surface area contributed by atoms with Crippen molar-refractivity contribution in [1.82, 2.24) is 14.4 Å². The van der Waals surface area contributed by atoms with Gasteiger partial charge in [-0.3, -0.25) is 9.59 Å². The quantitative estimate of drug-likeness (QED) is 0.397. The predicted octanol–water partition coefficient (Wildman–Crippen LogP) is 5.71. The minimum absolute atomic E-state index is 0.0139. The number of thiophene rings is 1. The number of carbonyl (C=O) groups is 2. The van der Waals surface area contributed by atoms with Gasteiger partial charge in [-0.2, -0.15) is 0 Å². The van der Waals surface area contributed by atoms with Crippen molar-refractivity contribution >= 4 is 23.2 Å².